The van der Waals surface area contributed by atoms with E-state index in [2.05, 4.69) is 104 Å². The van der Waals surface area contributed by atoms with Gasteiger partial charge in [0.1, 0.15) is 11.5 Å². The third kappa shape index (κ3) is 22.0. The lowest BCUT2D eigenvalue weighted by Gasteiger charge is -2.49. The minimum absolute atomic E-state index is 0.191. The molecule has 2 unspecified atom stereocenters. The molecule has 6 heteroatoms. The highest BCUT2D eigenvalue weighted by Crippen LogP contribution is 2.59. The lowest BCUT2D eigenvalue weighted by molar-refractivity contribution is -0.171. The summed E-state index contributed by atoms with van der Waals surface area (Å²) in [6.45, 7) is 31.7. The van der Waals surface area contributed by atoms with Crippen LogP contribution in [0.25, 0.3) is 0 Å². The maximum atomic E-state index is 15.1. The Bertz CT molecular complexity index is 1850. The third-order valence-corrected chi connectivity index (χ3v) is 17.1. The van der Waals surface area contributed by atoms with Crippen LogP contribution in [0.4, 0.5) is 0 Å². The van der Waals surface area contributed by atoms with E-state index in [-0.39, 0.29) is 17.9 Å². The smallest absolute Gasteiger partial charge is 0.322 e. The molecule has 2 aromatic rings. The molecule has 0 saturated carbocycles. The molecule has 0 saturated heterocycles. The summed E-state index contributed by atoms with van der Waals surface area (Å²) in [7, 11) is 0. The largest absolute Gasteiger partial charge is 0.507 e. The van der Waals surface area contributed by atoms with Gasteiger partial charge in [-0.05, 0) is 86.1 Å². The first-order chi connectivity index (χ1) is 35.1. The number of carboxylic acids is 2. The van der Waals surface area contributed by atoms with Crippen LogP contribution in [-0.4, -0.2) is 32.4 Å². The van der Waals surface area contributed by atoms with Crippen LogP contribution < -0.4 is 0 Å². The number of benzene rings is 2. The highest BCUT2D eigenvalue weighted by atomic mass is 16.4. The maximum absolute atomic E-state index is 15.1. The van der Waals surface area contributed by atoms with E-state index in [0.717, 1.165) is 93.7 Å². The minimum Gasteiger partial charge on any atom is -0.507 e. The average molecular weight is 1050 g/mol. The number of aliphatic carboxylic acids is 2. The van der Waals surface area contributed by atoms with Crippen LogP contribution in [0.1, 0.15) is 349 Å². The summed E-state index contributed by atoms with van der Waals surface area (Å²) in [6, 6.07) is 7.89. The summed E-state index contributed by atoms with van der Waals surface area (Å²) < 4.78 is 0. The van der Waals surface area contributed by atoms with Crippen molar-refractivity contribution in [3.8, 4) is 11.5 Å². The summed E-state index contributed by atoms with van der Waals surface area (Å²) in [5.74, 6) is -3.15. The number of aromatic hydroxyl groups is 2. The molecule has 432 valence electrons. The lowest BCUT2D eigenvalue weighted by Crippen LogP contribution is -2.52. The molecule has 75 heavy (non-hydrogen) atoms. The van der Waals surface area contributed by atoms with E-state index in [0.29, 0.717) is 16.7 Å². The van der Waals surface area contributed by atoms with E-state index >= 15 is 9.59 Å². The number of phenolic OH excluding ortho intramolecular Hbond substituents is 2. The van der Waals surface area contributed by atoms with Gasteiger partial charge in [-0.15, -0.1) is 0 Å². The normalized spacial score (nSPS) is 14.1. The fourth-order valence-corrected chi connectivity index (χ4v) is 12.5. The first kappa shape index (κ1) is 68.1. The molecule has 2 rings (SSSR count). The quantitative estimate of drug-likeness (QED) is 0.0392. The molecule has 0 fully saturated rings. The van der Waals surface area contributed by atoms with Crippen molar-refractivity contribution in [1.29, 1.82) is 0 Å². The molecule has 0 aliphatic heterocycles. The summed E-state index contributed by atoms with van der Waals surface area (Å²) in [5.41, 5.74) is -0.831. The minimum atomic E-state index is -2.29. The Hall–Kier alpha value is -3.02. The standard InChI is InChI=1S/C69H120O6/c1-16-19-22-25-28-31-33-35-38-41-44-47-68(45-42-39-36-30-27-24-21-18-3,46-43-40-37-34-32-29-26-23-20-17-2)61(54-50-57(66(10,11)12)60(71)58(51-54)67(13,14)15)69(62(72)73,63(74)75)52-53-48-55(64(4,5)6)59(70)56(49-53)65(7,8)9/h48-51,61,70-71H,16-47,52H2,1-15H3,(H,72,73)(H,74,75). The fraction of sp³-hybridized carbons (Fsp3) is 0.797. The molecule has 2 aromatic carbocycles. The van der Waals surface area contributed by atoms with Gasteiger partial charge in [-0.1, -0.05) is 314 Å². The number of rotatable bonds is 39. The van der Waals surface area contributed by atoms with Crippen molar-refractivity contribution in [2.24, 2.45) is 10.8 Å². The Morgan fingerprint density at radius 2 is 0.600 bits per heavy atom. The topological polar surface area (TPSA) is 115 Å². The van der Waals surface area contributed by atoms with Crippen molar-refractivity contribution in [3.63, 3.8) is 0 Å². The zero-order valence-corrected chi connectivity index (χ0v) is 51.8. The molecule has 6 nitrogen and oxygen atoms in total. The number of carboxylic acid groups (broad SMARTS) is 2. The molecule has 0 aromatic heterocycles. The van der Waals surface area contributed by atoms with E-state index in [9.17, 15) is 20.4 Å². The predicted molar refractivity (Wildman–Crippen MR) is 322 cm³/mol. The van der Waals surface area contributed by atoms with Gasteiger partial charge < -0.3 is 20.4 Å². The number of hydrogen-bond donors (Lipinski definition) is 4. The molecule has 0 aliphatic rings. The Balaban J connectivity index is 3.15. The van der Waals surface area contributed by atoms with E-state index < -0.39 is 50.3 Å². The molecule has 0 radical (unpaired) electrons. The van der Waals surface area contributed by atoms with Gasteiger partial charge in [-0.25, -0.2) is 0 Å². The van der Waals surface area contributed by atoms with Gasteiger partial charge in [0.05, 0.1) is 0 Å². The van der Waals surface area contributed by atoms with Gasteiger partial charge in [0.25, 0.3) is 0 Å². The van der Waals surface area contributed by atoms with Crippen LogP contribution in [-0.2, 0) is 37.7 Å². The fourth-order valence-electron chi connectivity index (χ4n) is 12.5. The average Bonchev–Trinajstić information content (AvgIpc) is 3.31. The third-order valence-electron chi connectivity index (χ3n) is 17.1. The van der Waals surface area contributed by atoms with Crippen molar-refractivity contribution in [2.75, 3.05) is 0 Å². The number of phenols is 2. The molecule has 0 heterocycles. The SMILES string of the molecule is CCCCCCCCCCCCCC(CCCCCCCCCC)(CCCCCCCCCCCC)C(c1cc(C(C)(C)C)c(O)c(C(C)(C)C)c1)C(Cc1cc(C(C)(C)C)c(O)c(C(C)(C)C)c1)(C(=O)O)C(=O)O. The summed E-state index contributed by atoms with van der Waals surface area (Å²) in [5, 5.41) is 48.9. The van der Waals surface area contributed by atoms with Gasteiger partial charge in [0, 0.05) is 5.92 Å². The Morgan fingerprint density at radius 3 is 0.827 bits per heavy atom. The first-order valence-corrected chi connectivity index (χ1v) is 31.4. The zero-order chi connectivity index (χ0) is 56.5. The molecule has 2 atom stereocenters. The van der Waals surface area contributed by atoms with Gasteiger partial charge in [0.15, 0.2) is 5.41 Å². The van der Waals surface area contributed by atoms with Crippen molar-refractivity contribution in [3.05, 3.63) is 57.6 Å². The molecule has 0 aliphatic carbocycles. The van der Waals surface area contributed by atoms with Crippen molar-refractivity contribution < 1.29 is 30.0 Å². The van der Waals surface area contributed by atoms with Crippen LogP contribution in [0.3, 0.4) is 0 Å². The van der Waals surface area contributed by atoms with Crippen LogP contribution >= 0.6 is 0 Å². The molecular weight excluding hydrogens is 925 g/mol. The highest BCUT2D eigenvalue weighted by molar-refractivity contribution is 6.00. The number of hydrogen-bond acceptors (Lipinski definition) is 4. The van der Waals surface area contributed by atoms with E-state index in [1.807, 2.05) is 24.3 Å². The Labute approximate surface area is 463 Å². The molecule has 0 spiro atoms. The Kier molecular flexibility index (Phi) is 29.8. The van der Waals surface area contributed by atoms with E-state index in [1.165, 1.54) is 128 Å². The zero-order valence-electron chi connectivity index (χ0n) is 51.8. The van der Waals surface area contributed by atoms with Crippen LogP contribution in [0.2, 0.25) is 0 Å². The summed E-state index contributed by atoms with van der Waals surface area (Å²) >= 11 is 0. The monoisotopic (exact) mass is 1040 g/mol. The van der Waals surface area contributed by atoms with Crippen LogP contribution in [0, 0.1) is 10.8 Å². The van der Waals surface area contributed by atoms with Gasteiger partial charge in [-0.3, -0.25) is 9.59 Å². The predicted octanol–water partition coefficient (Wildman–Crippen LogP) is 21.3. The highest BCUT2D eigenvalue weighted by Gasteiger charge is 2.60. The summed E-state index contributed by atoms with van der Waals surface area (Å²) in [4.78, 5) is 30.2. The van der Waals surface area contributed by atoms with Gasteiger partial charge >= 0.3 is 11.9 Å². The second kappa shape index (κ2) is 32.8. The lowest BCUT2D eigenvalue weighted by atomic mass is 9.52. The van der Waals surface area contributed by atoms with Crippen molar-refractivity contribution in [2.45, 2.75) is 343 Å². The second-order valence-corrected chi connectivity index (χ2v) is 28.0. The van der Waals surface area contributed by atoms with E-state index in [4.69, 9.17) is 0 Å². The van der Waals surface area contributed by atoms with Crippen molar-refractivity contribution >= 4 is 11.9 Å². The molecule has 0 amide bonds. The number of carbonyl (C=O) groups is 2. The van der Waals surface area contributed by atoms with Crippen LogP contribution in [0.15, 0.2) is 24.3 Å². The van der Waals surface area contributed by atoms with Gasteiger partial charge in [-0.2, -0.15) is 0 Å². The van der Waals surface area contributed by atoms with Crippen molar-refractivity contribution in [1.82, 2.24) is 0 Å². The molecular formula is C69H120O6. The number of unbranched alkanes of at least 4 members (excludes halogenated alkanes) is 26. The van der Waals surface area contributed by atoms with Gasteiger partial charge in [0.2, 0.25) is 0 Å². The van der Waals surface area contributed by atoms with Crippen LogP contribution in [0.5, 0.6) is 11.5 Å². The Morgan fingerprint density at radius 1 is 0.373 bits per heavy atom. The van der Waals surface area contributed by atoms with E-state index in [1.54, 1.807) is 0 Å². The molecule has 4 N–H and O–H groups in total. The second-order valence-electron chi connectivity index (χ2n) is 28.0. The maximum Gasteiger partial charge on any atom is 0.322 e. The molecule has 0 bridgehead atoms. The first-order valence-electron chi connectivity index (χ1n) is 31.4. The summed E-state index contributed by atoms with van der Waals surface area (Å²) in [6.07, 6.45) is 36.3.